The van der Waals surface area contributed by atoms with Crippen molar-refractivity contribution in [1.82, 2.24) is 0 Å². The molecule has 0 saturated heterocycles. The molecule has 0 N–H and O–H groups in total. The first kappa shape index (κ1) is 69.6. The summed E-state index contributed by atoms with van der Waals surface area (Å²) in [5.74, 6) is -0.864. The molecule has 0 bridgehead atoms. The standard InChI is InChI=1S/C66H122O6/c1-4-7-10-13-16-19-22-24-26-28-30-32-33-35-36-38-40-42-44-47-50-53-56-59-65(68)71-62-63(61-70-64(67)58-55-52-49-46-21-18-15-12-9-6-3)72-66(69)60-57-54-51-48-45-43-41-39-37-34-31-29-27-25-23-20-17-14-11-8-5-2/h23,25,29,31,37,39,63H,4-22,24,26-28,30,32-36,38,40-62H2,1-3H3/b25-23-,31-29-,39-37-. The van der Waals surface area contributed by atoms with Gasteiger partial charge < -0.3 is 14.2 Å². The third-order valence-corrected chi connectivity index (χ3v) is 14.4. The Morgan fingerprint density at radius 1 is 0.278 bits per heavy atom. The van der Waals surface area contributed by atoms with E-state index in [1.165, 1.54) is 231 Å². The SMILES string of the molecule is CCCCCCC/C=C\C/C=C\C/C=C\CCCCCCCCC(=O)OC(COC(=O)CCCCCCCCCCCC)COC(=O)CCCCCCCCCCCCCCCCCCCCCCCCC. The van der Waals surface area contributed by atoms with E-state index >= 15 is 0 Å². The first-order valence-electron chi connectivity index (χ1n) is 32.0. The first-order valence-corrected chi connectivity index (χ1v) is 32.0. The molecule has 6 heteroatoms. The molecule has 0 heterocycles. The molecule has 0 aromatic rings. The molecule has 0 aliphatic heterocycles. The maximum absolute atomic E-state index is 12.9. The lowest BCUT2D eigenvalue weighted by Gasteiger charge is -2.18. The van der Waals surface area contributed by atoms with E-state index in [-0.39, 0.29) is 31.1 Å². The van der Waals surface area contributed by atoms with Gasteiger partial charge in [0.25, 0.3) is 0 Å². The molecule has 0 aromatic carbocycles. The molecule has 422 valence electrons. The second-order valence-corrected chi connectivity index (χ2v) is 21.7. The van der Waals surface area contributed by atoms with Gasteiger partial charge in [0.2, 0.25) is 0 Å². The third kappa shape index (κ3) is 58.5. The molecule has 1 unspecified atom stereocenters. The molecule has 0 radical (unpaired) electrons. The van der Waals surface area contributed by atoms with Crippen molar-refractivity contribution >= 4 is 17.9 Å². The summed E-state index contributed by atoms with van der Waals surface area (Å²) in [7, 11) is 0. The van der Waals surface area contributed by atoms with Crippen LogP contribution in [0.5, 0.6) is 0 Å². The second-order valence-electron chi connectivity index (χ2n) is 21.7. The van der Waals surface area contributed by atoms with Crippen LogP contribution < -0.4 is 0 Å². The Labute approximate surface area is 448 Å². The smallest absolute Gasteiger partial charge is 0.306 e. The topological polar surface area (TPSA) is 78.9 Å². The summed E-state index contributed by atoms with van der Waals surface area (Å²) in [4.78, 5) is 38.2. The van der Waals surface area contributed by atoms with Crippen molar-refractivity contribution in [2.45, 2.75) is 354 Å². The predicted molar refractivity (Wildman–Crippen MR) is 312 cm³/mol. The molecule has 6 nitrogen and oxygen atoms in total. The molecule has 72 heavy (non-hydrogen) atoms. The summed E-state index contributed by atoms with van der Waals surface area (Å²) < 4.78 is 16.9. The van der Waals surface area contributed by atoms with Crippen LogP contribution in [0.15, 0.2) is 36.5 Å². The van der Waals surface area contributed by atoms with Crippen LogP contribution in [0.25, 0.3) is 0 Å². The summed E-state index contributed by atoms with van der Waals surface area (Å²) in [6.45, 7) is 6.66. The molecular weight excluding hydrogens is 889 g/mol. The maximum Gasteiger partial charge on any atom is 0.306 e. The summed E-state index contributed by atoms with van der Waals surface area (Å²) in [6.07, 6.45) is 74.4. The van der Waals surface area contributed by atoms with Crippen LogP contribution in [0.1, 0.15) is 348 Å². The van der Waals surface area contributed by atoms with Gasteiger partial charge in [0, 0.05) is 19.3 Å². The number of unbranched alkanes of at least 4 members (excludes halogenated alkanes) is 42. The molecule has 0 amide bonds. The molecule has 1 atom stereocenters. The minimum Gasteiger partial charge on any atom is -0.462 e. The van der Waals surface area contributed by atoms with E-state index in [2.05, 4.69) is 57.2 Å². The molecule has 0 aromatic heterocycles. The van der Waals surface area contributed by atoms with E-state index in [0.29, 0.717) is 19.3 Å². The van der Waals surface area contributed by atoms with Crippen LogP contribution >= 0.6 is 0 Å². The maximum atomic E-state index is 12.9. The second kappa shape index (κ2) is 61.2. The minimum atomic E-state index is -0.775. The van der Waals surface area contributed by atoms with Crippen LogP contribution in [-0.4, -0.2) is 37.2 Å². The van der Waals surface area contributed by atoms with E-state index in [9.17, 15) is 14.4 Å². The molecular formula is C66H122O6. The molecule has 0 saturated carbocycles. The zero-order valence-electron chi connectivity index (χ0n) is 48.5. The van der Waals surface area contributed by atoms with Crippen molar-refractivity contribution in [2.75, 3.05) is 13.2 Å². The number of ether oxygens (including phenoxy) is 3. The quantitative estimate of drug-likeness (QED) is 0.0261. The normalized spacial score (nSPS) is 12.2. The summed E-state index contributed by atoms with van der Waals surface area (Å²) >= 11 is 0. The van der Waals surface area contributed by atoms with Crippen molar-refractivity contribution in [3.05, 3.63) is 36.5 Å². The lowest BCUT2D eigenvalue weighted by molar-refractivity contribution is -0.167. The first-order chi connectivity index (χ1) is 35.5. The third-order valence-electron chi connectivity index (χ3n) is 14.4. The van der Waals surface area contributed by atoms with Gasteiger partial charge in [0.15, 0.2) is 6.10 Å². The summed E-state index contributed by atoms with van der Waals surface area (Å²) in [5, 5.41) is 0. The number of rotatable bonds is 59. The largest absolute Gasteiger partial charge is 0.462 e. The number of allylic oxidation sites excluding steroid dienone is 6. The Morgan fingerprint density at radius 2 is 0.500 bits per heavy atom. The number of hydrogen-bond donors (Lipinski definition) is 0. The van der Waals surface area contributed by atoms with Gasteiger partial charge in [-0.3, -0.25) is 14.4 Å². The number of esters is 3. The Bertz CT molecular complexity index is 1210. The molecule has 0 aliphatic rings. The highest BCUT2D eigenvalue weighted by atomic mass is 16.6. The van der Waals surface area contributed by atoms with Gasteiger partial charge in [-0.15, -0.1) is 0 Å². The fourth-order valence-electron chi connectivity index (χ4n) is 9.57. The number of hydrogen-bond acceptors (Lipinski definition) is 6. The fourth-order valence-corrected chi connectivity index (χ4v) is 9.57. The Morgan fingerprint density at radius 3 is 0.778 bits per heavy atom. The van der Waals surface area contributed by atoms with Gasteiger partial charge in [-0.25, -0.2) is 0 Å². The van der Waals surface area contributed by atoms with Crippen molar-refractivity contribution < 1.29 is 28.6 Å². The van der Waals surface area contributed by atoms with Gasteiger partial charge in [-0.1, -0.05) is 308 Å². The van der Waals surface area contributed by atoms with Crippen LogP contribution in [0, 0.1) is 0 Å². The van der Waals surface area contributed by atoms with Crippen molar-refractivity contribution in [2.24, 2.45) is 0 Å². The van der Waals surface area contributed by atoms with Gasteiger partial charge in [-0.05, 0) is 57.8 Å². The highest BCUT2D eigenvalue weighted by molar-refractivity contribution is 5.71. The van der Waals surface area contributed by atoms with Crippen LogP contribution in [0.2, 0.25) is 0 Å². The van der Waals surface area contributed by atoms with Crippen molar-refractivity contribution in [3.8, 4) is 0 Å². The van der Waals surface area contributed by atoms with Crippen LogP contribution in [0.4, 0.5) is 0 Å². The van der Waals surface area contributed by atoms with Crippen LogP contribution in [-0.2, 0) is 28.6 Å². The van der Waals surface area contributed by atoms with Crippen molar-refractivity contribution in [3.63, 3.8) is 0 Å². The zero-order valence-corrected chi connectivity index (χ0v) is 48.5. The van der Waals surface area contributed by atoms with Gasteiger partial charge in [0.1, 0.15) is 13.2 Å². The van der Waals surface area contributed by atoms with Crippen molar-refractivity contribution in [1.29, 1.82) is 0 Å². The molecule has 0 aliphatic carbocycles. The van der Waals surface area contributed by atoms with Gasteiger partial charge in [-0.2, -0.15) is 0 Å². The highest BCUT2D eigenvalue weighted by Gasteiger charge is 2.19. The van der Waals surface area contributed by atoms with E-state index in [1.54, 1.807) is 0 Å². The number of carbonyl (C=O) groups is 3. The average Bonchev–Trinajstić information content (AvgIpc) is 3.38. The predicted octanol–water partition coefficient (Wildman–Crippen LogP) is 21.6. The molecule has 0 rings (SSSR count). The van der Waals surface area contributed by atoms with E-state index < -0.39 is 6.10 Å². The van der Waals surface area contributed by atoms with Gasteiger partial charge >= 0.3 is 17.9 Å². The van der Waals surface area contributed by atoms with E-state index in [1.807, 2.05) is 0 Å². The Balaban J connectivity index is 4.23. The Kier molecular flexibility index (Phi) is 59.2. The summed E-state index contributed by atoms with van der Waals surface area (Å²) in [5.41, 5.74) is 0. The van der Waals surface area contributed by atoms with Crippen LogP contribution in [0.3, 0.4) is 0 Å². The lowest BCUT2D eigenvalue weighted by atomic mass is 10.0. The monoisotopic (exact) mass is 1010 g/mol. The fraction of sp³-hybridized carbons (Fsp3) is 0.864. The van der Waals surface area contributed by atoms with Gasteiger partial charge in [0.05, 0.1) is 0 Å². The van der Waals surface area contributed by atoms with E-state index in [4.69, 9.17) is 14.2 Å². The average molecular weight is 1010 g/mol. The molecule has 0 spiro atoms. The lowest BCUT2D eigenvalue weighted by Crippen LogP contribution is -2.30. The van der Waals surface area contributed by atoms with E-state index in [0.717, 1.165) is 77.0 Å². The highest BCUT2D eigenvalue weighted by Crippen LogP contribution is 2.18. The zero-order chi connectivity index (χ0) is 52.2. The number of carbonyl (C=O) groups excluding carboxylic acids is 3. The molecule has 0 fully saturated rings. The minimum absolute atomic E-state index is 0.0726. The Hall–Kier alpha value is -2.37. The summed E-state index contributed by atoms with van der Waals surface area (Å²) in [6, 6.07) is 0.